The van der Waals surface area contributed by atoms with E-state index >= 15 is 0 Å². The summed E-state index contributed by atoms with van der Waals surface area (Å²) in [6, 6.07) is 0. The lowest BCUT2D eigenvalue weighted by molar-refractivity contribution is -0.116. The standard InChI is InChI=1S/C11H16O.C2H6/c1-5-9-8(2)10(12)6-7-11(9,3)4;1-2/h5H,1,6-7H2,2-4H3;1-2H3. The van der Waals surface area contributed by atoms with Crippen LogP contribution in [0.2, 0.25) is 0 Å². The number of rotatable bonds is 1. The summed E-state index contributed by atoms with van der Waals surface area (Å²) in [7, 11) is 0. The van der Waals surface area contributed by atoms with E-state index in [4.69, 9.17) is 0 Å². The number of hydrogen-bond acceptors (Lipinski definition) is 1. The third kappa shape index (κ3) is 2.57. The lowest BCUT2D eigenvalue weighted by atomic mass is 9.72. The molecule has 1 aliphatic rings. The minimum absolute atomic E-state index is 0.139. The van der Waals surface area contributed by atoms with Crippen molar-refractivity contribution < 1.29 is 4.79 Å². The number of Topliss-reactive ketones (excluding diaryl/α,β-unsaturated/α-hetero) is 1. The topological polar surface area (TPSA) is 17.1 Å². The van der Waals surface area contributed by atoms with E-state index in [1.807, 2.05) is 26.8 Å². The smallest absolute Gasteiger partial charge is 0.158 e. The first kappa shape index (κ1) is 13.2. The van der Waals surface area contributed by atoms with Crippen LogP contribution in [0.15, 0.2) is 23.8 Å². The molecule has 14 heavy (non-hydrogen) atoms. The van der Waals surface area contributed by atoms with Crippen molar-refractivity contribution in [2.75, 3.05) is 0 Å². The first-order valence-corrected chi connectivity index (χ1v) is 5.36. The summed E-state index contributed by atoms with van der Waals surface area (Å²) in [5, 5.41) is 0. The van der Waals surface area contributed by atoms with Gasteiger partial charge in [0.1, 0.15) is 0 Å². The fourth-order valence-electron chi connectivity index (χ4n) is 1.84. The average molecular weight is 194 g/mol. The van der Waals surface area contributed by atoms with E-state index in [1.54, 1.807) is 0 Å². The molecule has 0 N–H and O–H groups in total. The van der Waals surface area contributed by atoms with Crippen LogP contribution in [-0.2, 0) is 4.79 Å². The minimum Gasteiger partial charge on any atom is -0.295 e. The molecular formula is C13H22O. The van der Waals surface area contributed by atoms with Crippen molar-refractivity contribution in [1.29, 1.82) is 0 Å². The molecule has 1 heteroatoms. The maximum absolute atomic E-state index is 11.3. The summed E-state index contributed by atoms with van der Waals surface area (Å²) in [4.78, 5) is 11.3. The molecule has 80 valence electrons. The van der Waals surface area contributed by atoms with E-state index in [0.29, 0.717) is 6.42 Å². The molecule has 0 saturated heterocycles. The molecule has 0 saturated carbocycles. The van der Waals surface area contributed by atoms with Crippen LogP contribution in [0.5, 0.6) is 0 Å². The van der Waals surface area contributed by atoms with E-state index in [2.05, 4.69) is 20.4 Å². The minimum atomic E-state index is 0.139. The van der Waals surface area contributed by atoms with Gasteiger partial charge in [-0.25, -0.2) is 0 Å². The Morgan fingerprint density at radius 1 is 1.36 bits per heavy atom. The summed E-state index contributed by atoms with van der Waals surface area (Å²) in [5.74, 6) is 0.282. The highest BCUT2D eigenvalue weighted by Gasteiger charge is 2.30. The van der Waals surface area contributed by atoms with Gasteiger partial charge in [0.25, 0.3) is 0 Å². The second-order valence-electron chi connectivity index (χ2n) is 4.05. The largest absolute Gasteiger partial charge is 0.295 e. The van der Waals surface area contributed by atoms with Gasteiger partial charge in [-0.15, -0.1) is 0 Å². The molecule has 0 spiro atoms. The summed E-state index contributed by atoms with van der Waals surface area (Å²) >= 11 is 0. The fraction of sp³-hybridized carbons (Fsp3) is 0.615. The highest BCUT2D eigenvalue weighted by molar-refractivity contribution is 5.97. The fourth-order valence-corrected chi connectivity index (χ4v) is 1.84. The van der Waals surface area contributed by atoms with Crippen molar-refractivity contribution in [2.45, 2.75) is 47.5 Å². The van der Waals surface area contributed by atoms with Crippen molar-refractivity contribution in [3.63, 3.8) is 0 Å². The first-order valence-electron chi connectivity index (χ1n) is 5.36. The Bertz CT molecular complexity index is 256. The van der Waals surface area contributed by atoms with Crippen LogP contribution in [0.1, 0.15) is 47.5 Å². The van der Waals surface area contributed by atoms with E-state index in [9.17, 15) is 4.79 Å². The van der Waals surface area contributed by atoms with Gasteiger partial charge in [-0.1, -0.05) is 40.3 Å². The zero-order valence-electron chi connectivity index (χ0n) is 10.1. The number of hydrogen-bond donors (Lipinski definition) is 0. The van der Waals surface area contributed by atoms with Crippen molar-refractivity contribution in [3.05, 3.63) is 23.8 Å². The third-order valence-electron chi connectivity index (χ3n) is 2.73. The van der Waals surface area contributed by atoms with Crippen molar-refractivity contribution >= 4 is 5.78 Å². The van der Waals surface area contributed by atoms with E-state index in [-0.39, 0.29) is 11.2 Å². The van der Waals surface area contributed by atoms with E-state index < -0.39 is 0 Å². The molecule has 0 aliphatic heterocycles. The molecule has 0 aromatic rings. The second-order valence-corrected chi connectivity index (χ2v) is 4.05. The van der Waals surface area contributed by atoms with Gasteiger partial charge in [-0.05, 0) is 29.9 Å². The summed E-state index contributed by atoms with van der Waals surface area (Å²) in [6.45, 7) is 14.0. The van der Waals surface area contributed by atoms with Crippen molar-refractivity contribution in [1.82, 2.24) is 0 Å². The lowest BCUT2D eigenvalue weighted by Gasteiger charge is -2.31. The molecule has 0 aromatic heterocycles. The monoisotopic (exact) mass is 194 g/mol. The molecule has 1 rings (SSSR count). The number of carbonyl (C=O) groups excluding carboxylic acids is 1. The maximum Gasteiger partial charge on any atom is 0.158 e. The number of carbonyl (C=O) groups is 1. The molecule has 1 nitrogen and oxygen atoms in total. The van der Waals surface area contributed by atoms with Crippen LogP contribution in [0, 0.1) is 5.41 Å². The van der Waals surface area contributed by atoms with E-state index in [1.165, 1.54) is 0 Å². The van der Waals surface area contributed by atoms with Crippen LogP contribution >= 0.6 is 0 Å². The zero-order chi connectivity index (χ0) is 11.4. The SMILES string of the molecule is C=CC1=C(C)C(=O)CCC1(C)C.CC. The summed E-state index contributed by atoms with van der Waals surface area (Å²) in [5.41, 5.74) is 2.17. The molecule has 0 aromatic carbocycles. The molecule has 0 fully saturated rings. The quantitative estimate of drug-likeness (QED) is 0.618. The first-order chi connectivity index (χ1) is 6.49. The van der Waals surface area contributed by atoms with Gasteiger partial charge in [-0.3, -0.25) is 4.79 Å². The maximum atomic E-state index is 11.3. The Morgan fingerprint density at radius 2 is 1.86 bits per heavy atom. The summed E-state index contributed by atoms with van der Waals surface area (Å²) < 4.78 is 0. The van der Waals surface area contributed by atoms with Crippen LogP contribution < -0.4 is 0 Å². The number of ketones is 1. The average Bonchev–Trinajstić information content (AvgIpc) is 2.16. The van der Waals surface area contributed by atoms with Crippen molar-refractivity contribution in [2.24, 2.45) is 5.41 Å². The van der Waals surface area contributed by atoms with Gasteiger partial charge >= 0.3 is 0 Å². The molecule has 0 bridgehead atoms. The molecule has 0 heterocycles. The number of allylic oxidation sites excluding steroid dienone is 3. The molecule has 0 atom stereocenters. The van der Waals surface area contributed by atoms with Gasteiger partial charge < -0.3 is 0 Å². The molecule has 0 radical (unpaired) electrons. The normalized spacial score (nSPS) is 19.9. The molecule has 0 amide bonds. The predicted molar refractivity (Wildman–Crippen MR) is 62.3 cm³/mol. The van der Waals surface area contributed by atoms with Gasteiger partial charge in [0.15, 0.2) is 5.78 Å². The zero-order valence-corrected chi connectivity index (χ0v) is 10.1. The van der Waals surface area contributed by atoms with Crippen LogP contribution in [0.25, 0.3) is 0 Å². The highest BCUT2D eigenvalue weighted by Crippen LogP contribution is 2.38. The highest BCUT2D eigenvalue weighted by atomic mass is 16.1. The van der Waals surface area contributed by atoms with Crippen LogP contribution in [0.3, 0.4) is 0 Å². The lowest BCUT2D eigenvalue weighted by Crippen LogP contribution is -2.24. The Kier molecular flexibility index (Phi) is 4.82. The van der Waals surface area contributed by atoms with Gasteiger partial charge in [-0.2, -0.15) is 0 Å². The summed E-state index contributed by atoms with van der Waals surface area (Å²) in [6.07, 6.45) is 3.47. The Morgan fingerprint density at radius 3 is 2.21 bits per heavy atom. The van der Waals surface area contributed by atoms with Gasteiger partial charge in [0.2, 0.25) is 0 Å². The van der Waals surface area contributed by atoms with Gasteiger partial charge in [0, 0.05) is 6.42 Å². The van der Waals surface area contributed by atoms with Gasteiger partial charge in [0.05, 0.1) is 0 Å². The molecule has 0 unspecified atom stereocenters. The second kappa shape index (κ2) is 5.14. The molecule has 1 aliphatic carbocycles. The Hall–Kier alpha value is -0.850. The van der Waals surface area contributed by atoms with E-state index in [0.717, 1.165) is 17.6 Å². The molecular weight excluding hydrogens is 172 g/mol. The van der Waals surface area contributed by atoms with Crippen LogP contribution in [-0.4, -0.2) is 5.78 Å². The Labute approximate surface area is 87.9 Å². The van der Waals surface area contributed by atoms with Crippen molar-refractivity contribution in [3.8, 4) is 0 Å². The Balaban J connectivity index is 0.000000791. The third-order valence-corrected chi connectivity index (χ3v) is 2.73. The predicted octanol–water partition coefficient (Wildman–Crippen LogP) is 3.90. The van der Waals surface area contributed by atoms with Crippen LogP contribution in [0.4, 0.5) is 0 Å².